The zero-order chi connectivity index (χ0) is 25.7. The third-order valence-electron chi connectivity index (χ3n) is 6.16. The van der Waals surface area contributed by atoms with Gasteiger partial charge in [0.2, 0.25) is 5.88 Å². The van der Waals surface area contributed by atoms with Crippen molar-refractivity contribution >= 4 is 27.1 Å². The number of amides is 1. The van der Waals surface area contributed by atoms with Gasteiger partial charge in [0, 0.05) is 25.7 Å². The maximum absolute atomic E-state index is 13.8. The molecule has 1 unspecified atom stereocenters. The first kappa shape index (κ1) is 26.2. The molecule has 2 aromatic rings. The number of hydrogen-bond acceptors (Lipinski definition) is 7. The number of hydrogen-bond donors (Lipinski definition) is 1. The monoisotopic (exact) mass is 521 g/mol. The van der Waals surface area contributed by atoms with Crippen LogP contribution < -0.4 is 10.1 Å². The lowest BCUT2D eigenvalue weighted by atomic mass is 9.98. The van der Waals surface area contributed by atoms with Crippen LogP contribution in [0.5, 0.6) is 5.88 Å². The summed E-state index contributed by atoms with van der Waals surface area (Å²) in [4.78, 5) is 21.6. The average Bonchev–Trinajstić information content (AvgIpc) is 3.68. The summed E-state index contributed by atoms with van der Waals surface area (Å²) in [7, 11) is -1.78. The summed E-state index contributed by atoms with van der Waals surface area (Å²) in [5.74, 6) is -0.560. The second kappa shape index (κ2) is 11.4. The summed E-state index contributed by atoms with van der Waals surface area (Å²) in [6.07, 6.45) is 3.03. The van der Waals surface area contributed by atoms with Gasteiger partial charge in [-0.1, -0.05) is 18.2 Å². The molecule has 2 fully saturated rings. The number of anilines is 1. The van der Waals surface area contributed by atoms with Crippen LogP contribution in [-0.2, 0) is 19.4 Å². The van der Waals surface area contributed by atoms with E-state index in [0.717, 1.165) is 0 Å². The Morgan fingerprint density at radius 1 is 1.08 bits per heavy atom. The van der Waals surface area contributed by atoms with E-state index in [4.69, 9.17) is 9.47 Å². The van der Waals surface area contributed by atoms with Crippen LogP contribution in [0.15, 0.2) is 47.6 Å². The number of allylic oxidation sites excluding steroid dienone is 1. The van der Waals surface area contributed by atoms with Gasteiger partial charge in [-0.05, 0) is 49.3 Å². The summed E-state index contributed by atoms with van der Waals surface area (Å²) in [5, 5.41) is 2.30. The van der Waals surface area contributed by atoms with Crippen molar-refractivity contribution in [3.05, 3.63) is 48.3 Å². The van der Waals surface area contributed by atoms with E-state index in [9.17, 15) is 22.0 Å². The molecule has 36 heavy (non-hydrogen) atoms. The number of methoxy groups -OCH3 is 1. The molecule has 1 N–H and O–H groups in total. The summed E-state index contributed by atoms with van der Waals surface area (Å²) in [6.45, 7) is 0.956. The zero-order valence-corrected chi connectivity index (χ0v) is 20.7. The molecule has 1 aromatic carbocycles. The van der Waals surface area contributed by atoms with Gasteiger partial charge in [0.25, 0.3) is 5.91 Å². The number of nitrogens with zero attached hydrogens (tertiary/aromatic N) is 2. The third kappa shape index (κ3) is 6.44. The van der Waals surface area contributed by atoms with Crippen LogP contribution in [0.25, 0.3) is 5.57 Å². The summed E-state index contributed by atoms with van der Waals surface area (Å²) < 4.78 is 63.0. The molecule has 1 amide bonds. The zero-order valence-electron chi connectivity index (χ0n) is 19.9. The van der Waals surface area contributed by atoms with Crippen LogP contribution in [0.1, 0.15) is 37.7 Å². The van der Waals surface area contributed by atoms with Gasteiger partial charge < -0.3 is 14.8 Å². The maximum atomic E-state index is 13.8. The first-order chi connectivity index (χ1) is 17.3. The number of carbonyl (C=O) groups excluding carboxylic acids is 1. The van der Waals surface area contributed by atoms with Gasteiger partial charge in [-0.15, -0.1) is 0 Å². The molecule has 8 nitrogen and oxygen atoms in total. The Bertz CT molecular complexity index is 1180. The number of ether oxygens (including phenoxy) is 2. The lowest BCUT2D eigenvalue weighted by Crippen LogP contribution is -2.16. The first-order valence-corrected chi connectivity index (χ1v) is 13.4. The molecule has 11 heteroatoms. The molecule has 0 aliphatic heterocycles. The number of halogens is 2. The highest BCUT2D eigenvalue weighted by Gasteiger charge is 2.37. The minimum Gasteiger partial charge on any atom is -0.476 e. The van der Waals surface area contributed by atoms with Crippen LogP contribution in [0.2, 0.25) is 0 Å². The lowest BCUT2D eigenvalue weighted by Gasteiger charge is -2.13. The Morgan fingerprint density at radius 2 is 1.78 bits per heavy atom. The Labute approximate surface area is 209 Å². The highest BCUT2D eigenvalue weighted by molar-refractivity contribution is 7.92. The first-order valence-electron chi connectivity index (χ1n) is 11.9. The van der Waals surface area contributed by atoms with Gasteiger partial charge >= 0.3 is 0 Å². The van der Waals surface area contributed by atoms with Gasteiger partial charge in [0.05, 0.1) is 29.1 Å². The van der Waals surface area contributed by atoms with Gasteiger partial charge in [0.15, 0.2) is 15.7 Å². The molecule has 0 radical (unpaired) electrons. The van der Waals surface area contributed by atoms with E-state index in [2.05, 4.69) is 15.3 Å². The molecule has 4 rings (SSSR count). The fourth-order valence-electron chi connectivity index (χ4n) is 4.06. The van der Waals surface area contributed by atoms with Gasteiger partial charge in [-0.25, -0.2) is 27.2 Å². The summed E-state index contributed by atoms with van der Waals surface area (Å²) in [6, 6.07) is 6.00. The van der Waals surface area contributed by atoms with E-state index in [1.807, 2.05) is 0 Å². The van der Waals surface area contributed by atoms with E-state index in [1.54, 1.807) is 13.2 Å². The van der Waals surface area contributed by atoms with Gasteiger partial charge in [0.1, 0.15) is 12.3 Å². The minimum atomic E-state index is -3.38. The predicted molar refractivity (Wildman–Crippen MR) is 130 cm³/mol. The fraction of sp³-hybridized carbons (Fsp3) is 0.480. The van der Waals surface area contributed by atoms with Crippen molar-refractivity contribution in [2.75, 3.05) is 25.6 Å². The van der Waals surface area contributed by atoms with Crippen molar-refractivity contribution < 1.29 is 31.5 Å². The SMILES string of the molecule is COCCCOc1cnc(NC(=O)/C(=C/C2C[C@@H](F)[C@@H](F)C2)c2ccc(S(=O)(=O)C3CC3)cc2)cn1. The van der Waals surface area contributed by atoms with Crippen LogP contribution in [0.4, 0.5) is 14.6 Å². The molecule has 2 saturated carbocycles. The molecule has 194 valence electrons. The highest BCUT2D eigenvalue weighted by Crippen LogP contribution is 2.36. The standard InChI is InChI=1S/C25H29F2N3O5S/c1-34-9-2-10-35-24-15-28-23(14-29-24)30-25(31)20(11-16-12-21(26)22(27)13-16)17-3-5-18(6-4-17)36(32,33)19-7-8-19/h3-6,11,14-16,19,21-22H,2,7-10,12-13H2,1H3,(H,28,30,31)/b20-11+/t16?,21-,22+. The van der Waals surface area contributed by atoms with Crippen molar-refractivity contribution in [1.29, 1.82) is 0 Å². The number of benzene rings is 1. The molecule has 0 saturated heterocycles. The maximum Gasteiger partial charge on any atom is 0.257 e. The van der Waals surface area contributed by atoms with Crippen molar-refractivity contribution in [3.63, 3.8) is 0 Å². The fourth-order valence-corrected chi connectivity index (χ4v) is 5.72. The number of rotatable bonds is 11. The van der Waals surface area contributed by atoms with Crippen molar-refractivity contribution in [2.24, 2.45) is 5.92 Å². The van der Waals surface area contributed by atoms with Crippen LogP contribution >= 0.6 is 0 Å². The Morgan fingerprint density at radius 3 is 2.36 bits per heavy atom. The third-order valence-corrected chi connectivity index (χ3v) is 8.44. The molecule has 3 atom stereocenters. The molecule has 1 aromatic heterocycles. The Balaban J connectivity index is 1.51. The number of alkyl halides is 2. The number of nitrogens with one attached hydrogen (secondary N) is 1. The van der Waals surface area contributed by atoms with E-state index < -0.39 is 34.0 Å². The van der Waals surface area contributed by atoms with Crippen molar-refractivity contribution in [3.8, 4) is 5.88 Å². The molecular weight excluding hydrogens is 492 g/mol. The summed E-state index contributed by atoms with van der Waals surface area (Å²) >= 11 is 0. The predicted octanol–water partition coefficient (Wildman–Crippen LogP) is 3.94. The molecule has 0 spiro atoms. The number of aromatic nitrogens is 2. The second-order valence-electron chi connectivity index (χ2n) is 9.00. The second-order valence-corrected chi connectivity index (χ2v) is 11.2. The van der Waals surface area contributed by atoms with Gasteiger partial charge in [-0.2, -0.15) is 0 Å². The number of sulfone groups is 1. The van der Waals surface area contributed by atoms with Crippen molar-refractivity contribution in [1.82, 2.24) is 9.97 Å². The van der Waals surface area contributed by atoms with Crippen LogP contribution in [0, 0.1) is 5.92 Å². The quantitative estimate of drug-likeness (QED) is 0.353. The molecule has 2 aliphatic carbocycles. The van der Waals surface area contributed by atoms with E-state index in [0.29, 0.717) is 43.9 Å². The largest absolute Gasteiger partial charge is 0.476 e. The minimum absolute atomic E-state index is 0.0268. The normalized spacial score (nSPS) is 22.4. The van der Waals surface area contributed by atoms with Crippen LogP contribution in [0.3, 0.4) is 0 Å². The topological polar surface area (TPSA) is 107 Å². The Hall–Kier alpha value is -2.92. The van der Waals surface area contributed by atoms with E-state index in [-0.39, 0.29) is 34.4 Å². The summed E-state index contributed by atoms with van der Waals surface area (Å²) in [5.41, 5.74) is 0.615. The van der Waals surface area contributed by atoms with E-state index in [1.165, 1.54) is 36.7 Å². The molecule has 0 bridgehead atoms. The molecule has 2 aliphatic rings. The number of carbonyl (C=O) groups is 1. The van der Waals surface area contributed by atoms with Crippen LogP contribution in [-0.4, -0.2) is 62.2 Å². The lowest BCUT2D eigenvalue weighted by molar-refractivity contribution is -0.111. The highest BCUT2D eigenvalue weighted by atomic mass is 32.2. The smallest absolute Gasteiger partial charge is 0.257 e. The molecule has 1 heterocycles. The van der Waals surface area contributed by atoms with E-state index >= 15 is 0 Å². The average molecular weight is 522 g/mol. The van der Waals surface area contributed by atoms with Gasteiger partial charge in [-0.3, -0.25) is 4.79 Å². The van der Waals surface area contributed by atoms with Crippen molar-refractivity contribution in [2.45, 2.75) is 54.6 Å². The Kier molecular flexibility index (Phi) is 8.30. The molecular formula is C25H29F2N3O5S.